The Morgan fingerprint density at radius 3 is 2.69 bits per heavy atom. The van der Waals surface area contributed by atoms with Crippen molar-refractivity contribution in [3.63, 3.8) is 0 Å². The van der Waals surface area contributed by atoms with Crippen molar-refractivity contribution in [2.24, 2.45) is 5.41 Å². The standard InChI is InChI=1S/C14H20O2/c1-14(2,3)9-10-8-12(15)11-6-4-5-7-13(11)16-10/h4-7,10,12,15H,8-9H2,1-3H3. The molecule has 0 spiro atoms. The zero-order valence-electron chi connectivity index (χ0n) is 10.2. The predicted octanol–water partition coefficient (Wildman–Crippen LogP) is 3.31. The van der Waals surface area contributed by atoms with Gasteiger partial charge in [-0.25, -0.2) is 0 Å². The molecule has 2 unspecified atom stereocenters. The Bertz CT molecular complexity index is 365. The Hall–Kier alpha value is -1.02. The van der Waals surface area contributed by atoms with Crippen LogP contribution in [0.4, 0.5) is 0 Å². The van der Waals surface area contributed by atoms with E-state index in [4.69, 9.17) is 4.74 Å². The summed E-state index contributed by atoms with van der Waals surface area (Å²) < 4.78 is 5.92. The van der Waals surface area contributed by atoms with Gasteiger partial charge in [0.1, 0.15) is 11.9 Å². The Morgan fingerprint density at radius 2 is 2.00 bits per heavy atom. The monoisotopic (exact) mass is 220 g/mol. The zero-order valence-corrected chi connectivity index (χ0v) is 10.2. The van der Waals surface area contributed by atoms with Gasteiger partial charge in [-0.05, 0) is 17.9 Å². The Kier molecular flexibility index (Phi) is 2.94. The predicted molar refractivity (Wildman–Crippen MR) is 64.5 cm³/mol. The second kappa shape index (κ2) is 4.10. The molecule has 2 rings (SSSR count). The number of para-hydroxylation sites is 1. The summed E-state index contributed by atoms with van der Waals surface area (Å²) in [5.74, 6) is 0.843. The molecule has 0 radical (unpaired) electrons. The van der Waals surface area contributed by atoms with Gasteiger partial charge in [0, 0.05) is 12.0 Å². The number of hydrogen-bond donors (Lipinski definition) is 1. The highest BCUT2D eigenvalue weighted by Gasteiger charge is 2.29. The van der Waals surface area contributed by atoms with Crippen LogP contribution in [0.25, 0.3) is 0 Å². The van der Waals surface area contributed by atoms with Gasteiger partial charge in [-0.3, -0.25) is 0 Å². The zero-order chi connectivity index (χ0) is 11.8. The number of fused-ring (bicyclic) bond motifs is 1. The number of rotatable bonds is 1. The van der Waals surface area contributed by atoms with Crippen LogP contribution in [0.1, 0.15) is 45.3 Å². The minimum atomic E-state index is -0.378. The van der Waals surface area contributed by atoms with E-state index in [1.54, 1.807) is 0 Å². The quantitative estimate of drug-likeness (QED) is 0.786. The van der Waals surface area contributed by atoms with Crippen LogP contribution < -0.4 is 4.74 Å². The molecule has 1 aliphatic heterocycles. The van der Waals surface area contributed by atoms with Crippen molar-refractivity contribution in [1.82, 2.24) is 0 Å². The van der Waals surface area contributed by atoms with Crippen molar-refractivity contribution in [2.75, 3.05) is 0 Å². The van der Waals surface area contributed by atoms with Crippen LogP contribution in [0.5, 0.6) is 5.75 Å². The molecule has 16 heavy (non-hydrogen) atoms. The van der Waals surface area contributed by atoms with E-state index in [9.17, 15) is 5.11 Å². The summed E-state index contributed by atoms with van der Waals surface area (Å²) in [5, 5.41) is 10.0. The van der Waals surface area contributed by atoms with Gasteiger partial charge in [-0.1, -0.05) is 39.0 Å². The summed E-state index contributed by atoms with van der Waals surface area (Å²) >= 11 is 0. The van der Waals surface area contributed by atoms with Gasteiger partial charge in [0.2, 0.25) is 0 Å². The first-order valence-electron chi connectivity index (χ1n) is 5.89. The first-order valence-corrected chi connectivity index (χ1v) is 5.89. The summed E-state index contributed by atoms with van der Waals surface area (Å²) in [6, 6.07) is 7.77. The average Bonchev–Trinajstić information content (AvgIpc) is 2.15. The molecule has 2 nitrogen and oxygen atoms in total. The molecule has 1 aromatic rings. The van der Waals surface area contributed by atoms with E-state index in [0.29, 0.717) is 6.42 Å². The van der Waals surface area contributed by atoms with Crippen LogP contribution in [-0.4, -0.2) is 11.2 Å². The molecule has 1 heterocycles. The summed E-state index contributed by atoms with van der Waals surface area (Å²) in [6.45, 7) is 6.59. The average molecular weight is 220 g/mol. The smallest absolute Gasteiger partial charge is 0.125 e. The Morgan fingerprint density at radius 1 is 1.31 bits per heavy atom. The summed E-state index contributed by atoms with van der Waals surface area (Å²) in [4.78, 5) is 0. The number of hydrogen-bond acceptors (Lipinski definition) is 2. The minimum Gasteiger partial charge on any atom is -0.490 e. The van der Waals surface area contributed by atoms with Crippen molar-refractivity contribution >= 4 is 0 Å². The van der Waals surface area contributed by atoms with Crippen molar-refractivity contribution in [3.8, 4) is 5.75 Å². The lowest BCUT2D eigenvalue weighted by Crippen LogP contribution is -2.29. The van der Waals surface area contributed by atoms with Crippen LogP contribution in [0.15, 0.2) is 24.3 Å². The molecule has 0 saturated carbocycles. The third-order valence-corrected chi connectivity index (χ3v) is 2.90. The van der Waals surface area contributed by atoms with E-state index in [1.807, 2.05) is 24.3 Å². The normalized spacial score (nSPS) is 24.8. The van der Waals surface area contributed by atoms with Crippen molar-refractivity contribution in [3.05, 3.63) is 29.8 Å². The molecule has 0 saturated heterocycles. The minimum absolute atomic E-state index is 0.130. The van der Waals surface area contributed by atoms with Crippen LogP contribution >= 0.6 is 0 Å². The lowest BCUT2D eigenvalue weighted by Gasteiger charge is -2.33. The molecule has 0 bridgehead atoms. The third-order valence-electron chi connectivity index (χ3n) is 2.90. The van der Waals surface area contributed by atoms with Gasteiger partial charge in [0.05, 0.1) is 6.10 Å². The fourth-order valence-corrected chi connectivity index (χ4v) is 2.27. The van der Waals surface area contributed by atoms with Crippen LogP contribution in [0.2, 0.25) is 0 Å². The maximum absolute atomic E-state index is 10.0. The molecule has 0 amide bonds. The molecule has 1 aromatic carbocycles. The van der Waals surface area contributed by atoms with E-state index in [2.05, 4.69) is 20.8 Å². The highest BCUT2D eigenvalue weighted by molar-refractivity contribution is 5.36. The van der Waals surface area contributed by atoms with E-state index in [1.165, 1.54) is 0 Å². The second-order valence-corrected chi connectivity index (χ2v) is 5.79. The maximum atomic E-state index is 10.0. The van der Waals surface area contributed by atoms with Gasteiger partial charge in [-0.2, -0.15) is 0 Å². The van der Waals surface area contributed by atoms with E-state index < -0.39 is 0 Å². The summed E-state index contributed by atoms with van der Waals surface area (Å²) in [6.07, 6.45) is 1.43. The van der Waals surface area contributed by atoms with Gasteiger partial charge in [0.25, 0.3) is 0 Å². The SMILES string of the molecule is CC(C)(C)CC1CC(O)c2ccccc2O1. The van der Waals surface area contributed by atoms with Crippen LogP contribution in [0.3, 0.4) is 0 Å². The molecule has 0 aromatic heterocycles. The van der Waals surface area contributed by atoms with E-state index in [-0.39, 0.29) is 17.6 Å². The second-order valence-electron chi connectivity index (χ2n) is 5.79. The third kappa shape index (κ3) is 2.56. The molecule has 0 fully saturated rings. The Labute approximate surface area is 97.3 Å². The van der Waals surface area contributed by atoms with Crippen LogP contribution in [0, 0.1) is 5.41 Å². The van der Waals surface area contributed by atoms with E-state index in [0.717, 1.165) is 17.7 Å². The highest BCUT2D eigenvalue weighted by Crippen LogP contribution is 2.37. The molecular weight excluding hydrogens is 200 g/mol. The molecule has 2 heteroatoms. The topological polar surface area (TPSA) is 29.5 Å². The number of aliphatic hydroxyl groups is 1. The summed E-state index contributed by atoms with van der Waals surface area (Å²) in [5.41, 5.74) is 1.16. The van der Waals surface area contributed by atoms with E-state index >= 15 is 0 Å². The fraction of sp³-hybridized carbons (Fsp3) is 0.571. The molecule has 1 aliphatic rings. The summed E-state index contributed by atoms with van der Waals surface area (Å²) in [7, 11) is 0. The molecular formula is C14H20O2. The molecule has 2 atom stereocenters. The van der Waals surface area contributed by atoms with Gasteiger partial charge in [-0.15, -0.1) is 0 Å². The van der Waals surface area contributed by atoms with Crippen molar-refractivity contribution < 1.29 is 9.84 Å². The lowest BCUT2D eigenvalue weighted by atomic mass is 9.85. The van der Waals surface area contributed by atoms with Crippen molar-refractivity contribution in [1.29, 1.82) is 0 Å². The molecule has 1 N–H and O–H groups in total. The number of ether oxygens (including phenoxy) is 1. The largest absolute Gasteiger partial charge is 0.490 e. The number of aliphatic hydroxyl groups excluding tert-OH is 1. The van der Waals surface area contributed by atoms with Crippen LogP contribution in [-0.2, 0) is 0 Å². The van der Waals surface area contributed by atoms with Crippen molar-refractivity contribution in [2.45, 2.75) is 45.8 Å². The van der Waals surface area contributed by atoms with Gasteiger partial charge in [0.15, 0.2) is 0 Å². The highest BCUT2D eigenvalue weighted by atomic mass is 16.5. The molecule has 0 aliphatic carbocycles. The van der Waals surface area contributed by atoms with Gasteiger partial charge >= 0.3 is 0 Å². The number of benzene rings is 1. The Balaban J connectivity index is 2.15. The maximum Gasteiger partial charge on any atom is 0.125 e. The lowest BCUT2D eigenvalue weighted by molar-refractivity contribution is 0.0447. The fourth-order valence-electron chi connectivity index (χ4n) is 2.27. The van der Waals surface area contributed by atoms with Gasteiger partial charge < -0.3 is 9.84 Å². The first kappa shape index (κ1) is 11.5. The molecule has 88 valence electrons. The first-order chi connectivity index (χ1) is 7.46.